The number of hydrogen-bond acceptors (Lipinski definition) is 7. The molecule has 0 aliphatic heterocycles. The van der Waals surface area contributed by atoms with Gasteiger partial charge in [-0.3, -0.25) is 19.1 Å². The number of benzene rings is 2. The first-order valence-electron chi connectivity index (χ1n) is 9.96. The summed E-state index contributed by atoms with van der Waals surface area (Å²) in [5.41, 5.74) is 5.25. The third-order valence-electron chi connectivity index (χ3n) is 5.16. The van der Waals surface area contributed by atoms with Crippen molar-refractivity contribution in [1.29, 1.82) is 5.26 Å². The van der Waals surface area contributed by atoms with Crippen LogP contribution in [0.25, 0.3) is 0 Å². The largest absolute Gasteiger partial charge is 0.383 e. The summed E-state index contributed by atoms with van der Waals surface area (Å²) in [6.07, 6.45) is 0. The number of nitrogens with two attached hydrogens (primary N) is 1. The minimum atomic E-state index is -4.05. The number of amides is 1. The van der Waals surface area contributed by atoms with E-state index in [2.05, 4.69) is 4.98 Å². The maximum atomic E-state index is 12.9. The molecule has 2 aromatic carbocycles. The Bertz CT molecular complexity index is 1470. The minimum Gasteiger partial charge on any atom is -0.383 e. The lowest BCUT2D eigenvalue weighted by Crippen LogP contribution is -2.43. The van der Waals surface area contributed by atoms with Crippen LogP contribution < -0.4 is 21.9 Å². The first-order chi connectivity index (χ1) is 16.1. The zero-order chi connectivity index (χ0) is 25.0. The highest BCUT2D eigenvalue weighted by molar-refractivity contribution is 7.89. The Morgan fingerprint density at radius 1 is 1.09 bits per heavy atom. The Kier molecular flexibility index (Phi) is 7.00. The zero-order valence-corrected chi connectivity index (χ0v) is 19.2. The van der Waals surface area contributed by atoms with E-state index in [1.54, 1.807) is 24.3 Å². The van der Waals surface area contributed by atoms with Crippen LogP contribution in [0.1, 0.15) is 11.1 Å². The van der Waals surface area contributed by atoms with E-state index in [4.69, 9.17) is 11.0 Å². The molecule has 0 spiro atoms. The van der Waals surface area contributed by atoms with Gasteiger partial charge >= 0.3 is 5.69 Å². The Balaban J connectivity index is 1.87. The molecule has 1 aromatic heterocycles. The van der Waals surface area contributed by atoms with Crippen molar-refractivity contribution in [1.82, 2.24) is 13.9 Å². The number of aromatic amines is 1. The predicted molar refractivity (Wildman–Crippen MR) is 126 cm³/mol. The number of nitrogens with zero attached hydrogens (tertiary/aromatic N) is 4. The van der Waals surface area contributed by atoms with Crippen LogP contribution >= 0.6 is 0 Å². The molecule has 3 rings (SSSR count). The zero-order valence-electron chi connectivity index (χ0n) is 18.4. The third-order valence-corrected chi connectivity index (χ3v) is 6.97. The molecule has 0 aliphatic rings. The van der Waals surface area contributed by atoms with Crippen LogP contribution in [0.15, 0.2) is 69.1 Å². The molecule has 0 saturated heterocycles. The summed E-state index contributed by atoms with van der Waals surface area (Å²) >= 11 is 0. The fourth-order valence-corrected chi connectivity index (χ4v) is 4.33. The number of likely N-dealkylation sites (N-methyl/N-ethyl adjacent to an activating group) is 2. The van der Waals surface area contributed by atoms with Crippen LogP contribution in [0.5, 0.6) is 0 Å². The summed E-state index contributed by atoms with van der Waals surface area (Å²) in [6, 6.07) is 16.0. The molecule has 12 heteroatoms. The number of carbonyl (C=O) groups is 1. The molecule has 0 saturated carbocycles. The van der Waals surface area contributed by atoms with Gasteiger partial charge in [0.2, 0.25) is 15.9 Å². The molecule has 0 bridgehead atoms. The average molecular weight is 483 g/mol. The topological polar surface area (TPSA) is 162 Å². The second-order valence-electron chi connectivity index (χ2n) is 7.41. The first kappa shape index (κ1) is 24.4. The van der Waals surface area contributed by atoms with Gasteiger partial charge in [0.05, 0.1) is 29.6 Å². The van der Waals surface area contributed by atoms with Crippen molar-refractivity contribution in [3.63, 3.8) is 0 Å². The van der Waals surface area contributed by atoms with Gasteiger partial charge in [-0.15, -0.1) is 0 Å². The van der Waals surface area contributed by atoms with Crippen LogP contribution in [-0.4, -0.2) is 48.8 Å². The van der Waals surface area contributed by atoms with E-state index in [1.807, 2.05) is 12.1 Å². The second kappa shape index (κ2) is 9.74. The van der Waals surface area contributed by atoms with Gasteiger partial charge in [0.1, 0.15) is 5.82 Å². The van der Waals surface area contributed by atoms with Crippen molar-refractivity contribution in [2.75, 3.05) is 31.3 Å². The number of carbonyl (C=O) groups excluding carboxylic acids is 1. The van der Waals surface area contributed by atoms with Gasteiger partial charge in [-0.05, 0) is 29.8 Å². The highest BCUT2D eigenvalue weighted by Gasteiger charge is 2.27. The van der Waals surface area contributed by atoms with E-state index in [0.29, 0.717) is 0 Å². The summed E-state index contributed by atoms with van der Waals surface area (Å²) in [7, 11) is -1.57. The van der Waals surface area contributed by atoms with Crippen molar-refractivity contribution in [3.05, 3.63) is 86.6 Å². The molecule has 1 amide bonds. The summed E-state index contributed by atoms with van der Waals surface area (Å²) < 4.78 is 27.5. The predicted octanol–water partition coefficient (Wildman–Crippen LogP) is 0.322. The number of nitriles is 1. The Hall–Kier alpha value is -4.21. The summed E-state index contributed by atoms with van der Waals surface area (Å²) in [5.74, 6) is -0.979. The molecule has 3 N–H and O–H groups in total. The normalized spacial score (nSPS) is 11.2. The minimum absolute atomic E-state index is 0.0598. The fraction of sp³-hybridized carbons (Fsp3) is 0.182. The second-order valence-corrected chi connectivity index (χ2v) is 9.46. The standard InChI is InChI=1S/C22H22N6O5S/c1-26(34(32,33)17-10-8-15(12-23)9-11-17)14-18(29)27(2)19-20(24)28(22(31)25-21(19)30)13-16-6-4-3-5-7-16/h3-11H,13-14,24H2,1-2H3,(H,25,30,31). The smallest absolute Gasteiger partial charge is 0.330 e. The number of anilines is 2. The van der Waals surface area contributed by atoms with Crippen molar-refractivity contribution >= 4 is 27.4 Å². The van der Waals surface area contributed by atoms with Gasteiger partial charge in [-0.2, -0.15) is 9.57 Å². The summed E-state index contributed by atoms with van der Waals surface area (Å²) in [6.45, 7) is -0.542. The molecule has 3 aromatic rings. The van der Waals surface area contributed by atoms with E-state index in [0.717, 1.165) is 19.3 Å². The van der Waals surface area contributed by atoms with E-state index < -0.39 is 33.7 Å². The maximum absolute atomic E-state index is 12.9. The third kappa shape index (κ3) is 4.90. The van der Waals surface area contributed by atoms with Crippen LogP contribution in [0, 0.1) is 11.3 Å². The van der Waals surface area contributed by atoms with Crippen molar-refractivity contribution in [2.24, 2.45) is 0 Å². The molecule has 0 fully saturated rings. The molecule has 1 heterocycles. The monoisotopic (exact) mass is 482 g/mol. The summed E-state index contributed by atoms with van der Waals surface area (Å²) in [4.78, 5) is 40.6. The lowest BCUT2D eigenvalue weighted by atomic mass is 10.2. The number of hydrogen-bond donors (Lipinski definition) is 2. The van der Waals surface area contributed by atoms with Crippen LogP contribution in [0.4, 0.5) is 11.5 Å². The maximum Gasteiger partial charge on any atom is 0.330 e. The lowest BCUT2D eigenvalue weighted by Gasteiger charge is -2.23. The molecule has 0 radical (unpaired) electrons. The van der Waals surface area contributed by atoms with E-state index in [9.17, 15) is 22.8 Å². The number of aromatic nitrogens is 2. The number of nitrogens with one attached hydrogen (secondary N) is 1. The number of H-pyrrole nitrogens is 1. The lowest BCUT2D eigenvalue weighted by molar-refractivity contribution is -0.118. The molecule has 0 unspecified atom stereocenters. The molecule has 176 valence electrons. The van der Waals surface area contributed by atoms with Gasteiger partial charge in [0.15, 0.2) is 5.69 Å². The molecule has 0 aliphatic carbocycles. The van der Waals surface area contributed by atoms with Gasteiger partial charge in [0.25, 0.3) is 5.56 Å². The Morgan fingerprint density at radius 3 is 2.29 bits per heavy atom. The highest BCUT2D eigenvalue weighted by Crippen LogP contribution is 2.19. The number of sulfonamides is 1. The van der Waals surface area contributed by atoms with Crippen molar-refractivity contribution in [3.8, 4) is 6.07 Å². The van der Waals surface area contributed by atoms with Gasteiger partial charge in [-0.25, -0.2) is 13.2 Å². The van der Waals surface area contributed by atoms with Gasteiger partial charge in [-0.1, -0.05) is 30.3 Å². The van der Waals surface area contributed by atoms with Crippen LogP contribution in [-0.2, 0) is 21.4 Å². The van der Waals surface area contributed by atoms with Crippen LogP contribution in [0.3, 0.4) is 0 Å². The molecule has 34 heavy (non-hydrogen) atoms. The molecule has 0 atom stereocenters. The number of nitrogen functional groups attached to an aromatic ring is 1. The highest BCUT2D eigenvalue weighted by atomic mass is 32.2. The Labute approximate surface area is 195 Å². The van der Waals surface area contributed by atoms with E-state index in [-0.39, 0.29) is 28.5 Å². The SMILES string of the molecule is CN(C(=O)CN(C)S(=O)(=O)c1ccc(C#N)cc1)c1c(N)n(Cc2ccccc2)c(=O)[nH]c1=O. The van der Waals surface area contributed by atoms with Gasteiger partial charge < -0.3 is 10.6 Å². The fourth-order valence-electron chi connectivity index (χ4n) is 3.21. The quantitative estimate of drug-likeness (QED) is 0.490. The van der Waals surface area contributed by atoms with E-state index in [1.165, 1.54) is 38.4 Å². The van der Waals surface area contributed by atoms with Crippen molar-refractivity contribution < 1.29 is 13.2 Å². The first-order valence-corrected chi connectivity index (χ1v) is 11.4. The molecular formula is C22H22N6O5S. The van der Waals surface area contributed by atoms with Gasteiger partial charge in [0, 0.05) is 14.1 Å². The molecular weight excluding hydrogens is 460 g/mol. The van der Waals surface area contributed by atoms with Crippen LogP contribution in [0.2, 0.25) is 0 Å². The number of rotatable bonds is 7. The average Bonchev–Trinajstić information content (AvgIpc) is 2.82. The van der Waals surface area contributed by atoms with Crippen molar-refractivity contribution in [2.45, 2.75) is 11.4 Å². The Morgan fingerprint density at radius 2 is 1.71 bits per heavy atom. The molecule has 11 nitrogen and oxygen atoms in total. The van der Waals surface area contributed by atoms with E-state index >= 15 is 0 Å². The summed E-state index contributed by atoms with van der Waals surface area (Å²) in [5, 5.41) is 8.87.